The average Bonchev–Trinajstić information content (AvgIpc) is 1.69. The second kappa shape index (κ2) is 48.3. The number of nitrogens with zero attached hydrogens (tertiary/aromatic N) is 4. The summed E-state index contributed by atoms with van der Waals surface area (Å²) in [6.07, 6.45) is 6.01. The standard InChI is InChI=1S/C91H108F3N21O17S2/c1-4-9-66(104-49(2)116)82(123)111-73(36-60-41-98-48-103-60)90(131)114(3)77(30-51-14-18-56(92)19-15-51)89(130)113-75-46-134-44-53-11-7-10-52(28-53)43-133-45-74(80(96)121)112-88(129)76-13-8-27-115(76)91(132)72(29-50-16-22-61(117)23-17-50)110-85(126)70(35-59-40-97-47-102-59)108-86(127)71(37-79(119)120)109-84(125)69(32-55-39-100-65-25-21-58(94)34-63(55)65)107-83(124)68(31-54-38-99-64-24-20-57(93)33-62(54)64)105-78(118)42-101-81(122)67(106-87(75)128)12-5-6-26-95/h7,10-11,14-25,28,33-34,38-41,47-48,66-77,99-100,117H,4-6,8-9,12-13,26-27,29-32,35-37,42-46,95H2,1-3H3,(H2,96,121)(H,97,102)(H,98,103)(H,101,122)(H,104,116)(H,105,118)(H,106,128)(H,107,124)(H,108,127)(H,109,125)(H,110,126)(H,111,123)(H,112,129)(H,113,130)(H,119,120)/t66-,67-,68-,69-,70-,71-,72-,73+,74-,75-,76-,77-/m0/s1. The molecule has 5 aromatic carbocycles. The number of amides is 14. The van der Waals surface area contributed by atoms with Crippen molar-refractivity contribution < 1.29 is 95.3 Å². The lowest BCUT2D eigenvalue weighted by Crippen LogP contribution is -2.61. The number of aromatic hydroxyl groups is 1. The minimum Gasteiger partial charge on any atom is -0.508 e. The largest absolute Gasteiger partial charge is 0.508 e. The van der Waals surface area contributed by atoms with Crippen LogP contribution in [0, 0.1) is 17.5 Å². The smallest absolute Gasteiger partial charge is 0.305 e. The Morgan fingerprint density at radius 1 is 0.590 bits per heavy atom. The fourth-order valence-corrected chi connectivity index (χ4v) is 17.8. The fraction of sp³-hybridized carbons (Fsp3) is 0.396. The average molecular weight is 1890 g/mol. The summed E-state index contributed by atoms with van der Waals surface area (Å²) in [6, 6.07) is 6.18. The minimum absolute atomic E-state index is 0.0371. The Kier molecular flexibility index (Phi) is 36.2. The van der Waals surface area contributed by atoms with Gasteiger partial charge in [0.05, 0.1) is 37.0 Å². The number of aromatic amines is 4. The van der Waals surface area contributed by atoms with Crippen molar-refractivity contribution in [2.75, 3.05) is 38.2 Å². The van der Waals surface area contributed by atoms with Crippen LogP contribution in [0.2, 0.25) is 0 Å². The van der Waals surface area contributed by atoms with Crippen LogP contribution in [0.4, 0.5) is 13.2 Å². The lowest BCUT2D eigenvalue weighted by Gasteiger charge is -2.32. The van der Waals surface area contributed by atoms with Crippen LogP contribution in [0.5, 0.6) is 5.75 Å². The number of likely N-dealkylation sites (N-methyl/N-ethyl adjacent to an activating group) is 1. The van der Waals surface area contributed by atoms with Gasteiger partial charge < -0.3 is 110 Å². The number of primary amides is 1. The summed E-state index contributed by atoms with van der Waals surface area (Å²) in [5.74, 6) is -17.3. The number of nitrogens with one attached hydrogen (secondary N) is 15. The monoisotopic (exact) mass is 1890 g/mol. The summed E-state index contributed by atoms with van der Waals surface area (Å²) in [4.78, 5) is 242. The van der Waals surface area contributed by atoms with E-state index in [4.69, 9.17) is 11.5 Å². The number of carbonyl (C=O) groups excluding carboxylic acids is 14. The molecule has 14 amide bonds. The first-order valence-corrected chi connectivity index (χ1v) is 45.9. The van der Waals surface area contributed by atoms with E-state index in [9.17, 15) is 48.2 Å². The number of benzene rings is 5. The maximum atomic E-state index is 15.5. The van der Waals surface area contributed by atoms with Crippen LogP contribution < -0.4 is 70.0 Å². The Morgan fingerprint density at radius 2 is 1.16 bits per heavy atom. The van der Waals surface area contributed by atoms with Crippen molar-refractivity contribution in [3.63, 3.8) is 0 Å². The van der Waals surface area contributed by atoms with Crippen molar-refractivity contribution in [2.24, 2.45) is 11.5 Å². The number of hydrogen-bond donors (Lipinski definition) is 19. The number of carboxylic acids is 1. The summed E-state index contributed by atoms with van der Waals surface area (Å²) >= 11 is 2.36. The topological polar surface area (TPSA) is 576 Å². The molecule has 4 aromatic heterocycles. The van der Waals surface area contributed by atoms with E-state index in [1.807, 2.05) is 6.07 Å². The zero-order valence-corrected chi connectivity index (χ0v) is 75.2. The molecule has 712 valence electrons. The molecule has 1 fully saturated rings. The molecule has 38 nitrogen and oxygen atoms in total. The number of thioether (sulfide) groups is 2. The molecule has 2 aliphatic rings. The predicted molar refractivity (Wildman–Crippen MR) is 488 cm³/mol. The molecule has 2 aliphatic heterocycles. The molecular weight excluding hydrogens is 1780 g/mol. The number of fused-ring (bicyclic) bond motifs is 5. The number of halogens is 3. The number of carboxylic acid groups (broad SMARTS) is 1. The molecule has 0 radical (unpaired) electrons. The highest BCUT2D eigenvalue weighted by Gasteiger charge is 2.43. The van der Waals surface area contributed by atoms with Gasteiger partial charge in [0.2, 0.25) is 82.7 Å². The van der Waals surface area contributed by atoms with Gasteiger partial charge in [-0.3, -0.25) is 71.9 Å². The van der Waals surface area contributed by atoms with Gasteiger partial charge in [-0.2, -0.15) is 23.5 Å². The molecule has 2 bridgehead atoms. The summed E-state index contributed by atoms with van der Waals surface area (Å²) in [6.45, 7) is 2.14. The number of aromatic nitrogens is 6. The normalized spacial score (nSPS) is 20.5. The van der Waals surface area contributed by atoms with Crippen LogP contribution in [0.1, 0.15) is 110 Å². The van der Waals surface area contributed by atoms with E-state index in [-0.39, 0.29) is 121 Å². The molecule has 0 unspecified atom stereocenters. The Balaban J connectivity index is 0.954. The highest BCUT2D eigenvalue weighted by atomic mass is 32.2. The Labute approximate surface area is 775 Å². The van der Waals surface area contributed by atoms with Crippen LogP contribution in [0.3, 0.4) is 0 Å². The van der Waals surface area contributed by atoms with Gasteiger partial charge in [-0.15, -0.1) is 0 Å². The van der Waals surface area contributed by atoms with E-state index in [2.05, 4.69) is 88.4 Å². The van der Waals surface area contributed by atoms with Crippen LogP contribution in [-0.4, -0.2) is 249 Å². The number of aliphatic carboxylic acids is 1. The molecule has 11 rings (SSSR count). The first-order chi connectivity index (χ1) is 64.3. The molecule has 43 heteroatoms. The zero-order valence-electron chi connectivity index (χ0n) is 73.5. The van der Waals surface area contributed by atoms with Gasteiger partial charge in [0, 0.05) is 129 Å². The van der Waals surface area contributed by atoms with Gasteiger partial charge >= 0.3 is 5.97 Å². The van der Waals surface area contributed by atoms with Gasteiger partial charge in [-0.05, 0) is 139 Å². The summed E-state index contributed by atoms with van der Waals surface area (Å²) in [5.41, 5.74) is 15.6. The van der Waals surface area contributed by atoms with E-state index >= 15 is 47.1 Å². The third kappa shape index (κ3) is 28.7. The fourth-order valence-electron chi connectivity index (χ4n) is 15.8. The highest BCUT2D eigenvalue weighted by molar-refractivity contribution is 7.98. The molecule has 12 atom stereocenters. The van der Waals surface area contributed by atoms with Crippen LogP contribution in [-0.2, 0) is 122 Å². The van der Waals surface area contributed by atoms with Gasteiger partial charge in [0.1, 0.15) is 95.7 Å². The number of unbranched alkanes of at least 4 members (excludes halogenated alkanes) is 1. The molecule has 6 heterocycles. The number of phenolic OH excluding ortho intramolecular Hbond substituents is 1. The summed E-state index contributed by atoms with van der Waals surface area (Å²) < 4.78 is 45.1. The molecule has 1 saturated heterocycles. The van der Waals surface area contributed by atoms with Crippen molar-refractivity contribution in [1.82, 2.24) is 98.2 Å². The van der Waals surface area contributed by atoms with E-state index in [1.54, 1.807) is 25.1 Å². The van der Waals surface area contributed by atoms with Gasteiger partial charge in [0.15, 0.2) is 0 Å². The van der Waals surface area contributed by atoms with Crippen LogP contribution in [0.25, 0.3) is 21.8 Å². The lowest BCUT2D eigenvalue weighted by atomic mass is 10.0. The van der Waals surface area contributed by atoms with E-state index < -0.39 is 211 Å². The minimum atomic E-state index is -2.13. The zero-order chi connectivity index (χ0) is 96.2. The maximum absolute atomic E-state index is 15.5. The molecular formula is C91H108F3N21O17S2. The predicted octanol–water partition coefficient (Wildman–Crippen LogP) is 1.85. The molecule has 0 saturated carbocycles. The van der Waals surface area contributed by atoms with Crippen molar-refractivity contribution in [3.8, 4) is 5.75 Å². The molecule has 0 spiro atoms. The SMILES string of the molecule is CCC[C@H](NC(C)=O)C(=O)N[C@H](Cc1c[nH]cn1)C(=O)N(C)[C@@H](Cc1ccc(F)cc1)C(=O)N[C@H]1CSCc2cccc(c2)CSC[C@@H](C(N)=O)NC(=O)[C@@H]2CCCN2C(=O)[C@H](Cc2ccc(O)cc2)NC(=O)[C@H](Cc2c[nH]cn2)NC(=O)[C@H](CC(=O)O)NC(=O)[C@H](Cc2c[nH]c3ccc(F)cc23)NC(=O)[C@H](Cc2c[nH]c3ccc(F)cc23)NC(=O)CNC(=O)[C@H](CCCCN)NC1=O. The Hall–Kier alpha value is -14.1. The number of imidazole rings is 2. The number of hydrogen-bond acceptors (Lipinski definition) is 21. The summed E-state index contributed by atoms with van der Waals surface area (Å²) in [5, 5.41) is 50.2. The Bertz CT molecular complexity index is 5670. The molecule has 0 aliphatic carbocycles. The number of phenols is 1. The first-order valence-electron chi connectivity index (χ1n) is 43.5. The van der Waals surface area contributed by atoms with Crippen LogP contribution >= 0.6 is 23.5 Å². The molecule has 21 N–H and O–H groups in total. The number of nitrogens with two attached hydrogens (primary N) is 2. The maximum Gasteiger partial charge on any atom is 0.305 e. The number of rotatable bonds is 28. The first kappa shape index (κ1) is 100. The van der Waals surface area contributed by atoms with Crippen molar-refractivity contribution in [2.45, 2.75) is 188 Å². The van der Waals surface area contributed by atoms with E-state index in [0.29, 0.717) is 51.8 Å². The van der Waals surface area contributed by atoms with Gasteiger partial charge in [-0.25, -0.2) is 23.1 Å². The van der Waals surface area contributed by atoms with Crippen molar-refractivity contribution in [3.05, 3.63) is 209 Å². The van der Waals surface area contributed by atoms with E-state index in [1.165, 1.54) is 117 Å². The van der Waals surface area contributed by atoms with Gasteiger partial charge in [-0.1, -0.05) is 61.9 Å². The highest BCUT2D eigenvalue weighted by Crippen LogP contribution is 2.28. The third-order valence-corrected chi connectivity index (χ3v) is 25.0. The van der Waals surface area contributed by atoms with Crippen molar-refractivity contribution >= 4 is 134 Å². The Morgan fingerprint density at radius 3 is 1.75 bits per heavy atom. The third-order valence-electron chi connectivity index (χ3n) is 22.7. The lowest BCUT2D eigenvalue weighted by molar-refractivity contribution is -0.143. The second-order valence-electron chi connectivity index (χ2n) is 32.8. The second-order valence-corrected chi connectivity index (χ2v) is 34.9. The number of H-pyrrole nitrogens is 4. The number of carbonyl (C=O) groups is 15. The quantitative estimate of drug-likeness (QED) is 0.0311. The summed E-state index contributed by atoms with van der Waals surface area (Å²) in [7, 11) is 1.29. The van der Waals surface area contributed by atoms with Gasteiger partial charge in [0.25, 0.3) is 0 Å². The van der Waals surface area contributed by atoms with Crippen molar-refractivity contribution in [1.29, 1.82) is 0 Å². The van der Waals surface area contributed by atoms with Crippen LogP contribution in [0.15, 0.2) is 147 Å². The molecule has 9 aromatic rings. The molecule has 134 heavy (non-hydrogen) atoms. The van der Waals surface area contributed by atoms with E-state index in [0.717, 1.165) is 53.1 Å².